The Kier molecular flexibility index (Phi) is 4.79. The first kappa shape index (κ1) is 17.3. The zero-order chi connectivity index (χ0) is 18.7. The molecule has 0 radical (unpaired) electrons. The summed E-state index contributed by atoms with van der Waals surface area (Å²) >= 11 is 0. The number of rotatable bonds is 4. The lowest BCUT2D eigenvalue weighted by atomic mass is 10.1. The number of hydrogen-bond acceptors (Lipinski definition) is 4. The molecule has 7 heteroatoms. The number of fused-ring (bicyclic) bond motifs is 1. The molecular formula is C19H18N4O3. The molecule has 0 unspecified atom stereocenters. The fourth-order valence-corrected chi connectivity index (χ4v) is 2.64. The van der Waals surface area contributed by atoms with Crippen LogP contribution in [0.4, 0.5) is 5.69 Å². The highest BCUT2D eigenvalue weighted by Crippen LogP contribution is 2.13. The zero-order valence-corrected chi connectivity index (χ0v) is 14.4. The van der Waals surface area contributed by atoms with Crippen LogP contribution >= 0.6 is 0 Å². The predicted molar refractivity (Wildman–Crippen MR) is 98.9 cm³/mol. The summed E-state index contributed by atoms with van der Waals surface area (Å²) in [5.41, 5.74) is 1.53. The van der Waals surface area contributed by atoms with E-state index in [0.717, 1.165) is 5.56 Å². The van der Waals surface area contributed by atoms with Crippen LogP contribution in [0.1, 0.15) is 23.0 Å². The van der Waals surface area contributed by atoms with Crippen LogP contribution in [0, 0.1) is 0 Å². The van der Waals surface area contributed by atoms with Crippen molar-refractivity contribution in [3.63, 3.8) is 0 Å². The normalized spacial score (nSPS) is 10.5. The largest absolute Gasteiger partial charge is 0.347 e. The van der Waals surface area contributed by atoms with Gasteiger partial charge in [0.2, 0.25) is 5.91 Å². The number of hydrogen-bond donors (Lipinski definition) is 2. The van der Waals surface area contributed by atoms with Crippen LogP contribution in [-0.2, 0) is 18.4 Å². The van der Waals surface area contributed by atoms with Crippen LogP contribution in [0.5, 0.6) is 0 Å². The van der Waals surface area contributed by atoms with Crippen LogP contribution in [0.2, 0.25) is 0 Å². The molecule has 0 fully saturated rings. The van der Waals surface area contributed by atoms with Crippen molar-refractivity contribution in [1.82, 2.24) is 15.1 Å². The number of carbonyl (C=O) groups is 2. The molecule has 132 valence electrons. The summed E-state index contributed by atoms with van der Waals surface area (Å²) in [6.07, 6.45) is 0. The van der Waals surface area contributed by atoms with E-state index in [-0.39, 0.29) is 23.1 Å². The Hall–Kier alpha value is -3.48. The van der Waals surface area contributed by atoms with Crippen molar-refractivity contribution >= 4 is 28.3 Å². The Morgan fingerprint density at radius 1 is 1.04 bits per heavy atom. The molecule has 3 rings (SSSR count). The number of carbonyl (C=O) groups excluding carboxylic acids is 2. The van der Waals surface area contributed by atoms with Crippen molar-refractivity contribution in [2.24, 2.45) is 7.05 Å². The van der Waals surface area contributed by atoms with Gasteiger partial charge in [0, 0.05) is 31.6 Å². The van der Waals surface area contributed by atoms with Crippen LogP contribution in [0.3, 0.4) is 0 Å². The molecular weight excluding hydrogens is 332 g/mol. The van der Waals surface area contributed by atoms with Gasteiger partial charge in [-0.25, -0.2) is 4.68 Å². The second kappa shape index (κ2) is 7.18. The standard InChI is InChI=1S/C19H18N4O3/c1-12(24)21-14-9-7-13(8-10-14)11-20-18(25)17-15-5-3-4-6-16(15)19(26)23(2)22-17/h3-10H,11H2,1-2H3,(H,20,25)(H,21,24). The maximum absolute atomic E-state index is 12.6. The van der Waals surface area contributed by atoms with E-state index in [2.05, 4.69) is 15.7 Å². The van der Waals surface area contributed by atoms with Crippen molar-refractivity contribution in [1.29, 1.82) is 0 Å². The van der Waals surface area contributed by atoms with Gasteiger partial charge >= 0.3 is 0 Å². The Bertz CT molecular complexity index is 1040. The molecule has 1 aromatic heterocycles. The van der Waals surface area contributed by atoms with Gasteiger partial charge in [-0.15, -0.1) is 0 Å². The molecule has 2 amide bonds. The minimum Gasteiger partial charge on any atom is -0.347 e. The maximum Gasteiger partial charge on any atom is 0.274 e. The van der Waals surface area contributed by atoms with E-state index >= 15 is 0 Å². The molecule has 0 atom stereocenters. The van der Waals surface area contributed by atoms with Crippen LogP contribution < -0.4 is 16.2 Å². The molecule has 26 heavy (non-hydrogen) atoms. The molecule has 0 aliphatic heterocycles. The van der Waals surface area contributed by atoms with E-state index in [9.17, 15) is 14.4 Å². The Balaban J connectivity index is 1.79. The monoisotopic (exact) mass is 350 g/mol. The molecule has 2 N–H and O–H groups in total. The van der Waals surface area contributed by atoms with Crippen molar-refractivity contribution in [2.45, 2.75) is 13.5 Å². The minimum atomic E-state index is -0.359. The van der Waals surface area contributed by atoms with E-state index in [1.807, 2.05) is 12.1 Å². The molecule has 1 heterocycles. The van der Waals surface area contributed by atoms with Crippen LogP contribution in [-0.4, -0.2) is 21.6 Å². The number of anilines is 1. The van der Waals surface area contributed by atoms with Crippen molar-refractivity contribution in [3.8, 4) is 0 Å². The highest BCUT2D eigenvalue weighted by atomic mass is 16.2. The van der Waals surface area contributed by atoms with E-state index in [4.69, 9.17) is 0 Å². The summed E-state index contributed by atoms with van der Waals surface area (Å²) in [6, 6.07) is 14.1. The van der Waals surface area contributed by atoms with Gasteiger partial charge in [-0.05, 0) is 23.8 Å². The van der Waals surface area contributed by atoms with E-state index in [0.29, 0.717) is 23.0 Å². The lowest BCUT2D eigenvalue weighted by Gasteiger charge is -2.09. The van der Waals surface area contributed by atoms with Crippen LogP contribution in [0.25, 0.3) is 10.8 Å². The summed E-state index contributed by atoms with van der Waals surface area (Å²) in [4.78, 5) is 35.7. The molecule has 0 saturated heterocycles. The number of nitrogens with zero attached hydrogens (tertiary/aromatic N) is 2. The van der Waals surface area contributed by atoms with Gasteiger partial charge in [0.15, 0.2) is 5.69 Å². The lowest BCUT2D eigenvalue weighted by Crippen LogP contribution is -2.29. The summed E-state index contributed by atoms with van der Waals surface area (Å²) in [5.74, 6) is -0.499. The molecule has 2 aromatic carbocycles. The van der Waals surface area contributed by atoms with Crippen LogP contribution in [0.15, 0.2) is 53.3 Å². The van der Waals surface area contributed by atoms with Crippen molar-refractivity contribution < 1.29 is 9.59 Å². The Morgan fingerprint density at radius 3 is 2.35 bits per heavy atom. The second-order valence-electron chi connectivity index (χ2n) is 5.88. The predicted octanol–water partition coefficient (Wildman–Crippen LogP) is 1.82. The smallest absolute Gasteiger partial charge is 0.274 e. The summed E-state index contributed by atoms with van der Waals surface area (Å²) in [7, 11) is 1.52. The SMILES string of the molecule is CC(=O)Nc1ccc(CNC(=O)c2nn(C)c(=O)c3ccccc23)cc1. The van der Waals surface area contributed by atoms with E-state index in [1.165, 1.54) is 18.7 Å². The van der Waals surface area contributed by atoms with Gasteiger partial charge in [-0.3, -0.25) is 14.4 Å². The van der Waals surface area contributed by atoms with Gasteiger partial charge in [0.25, 0.3) is 11.5 Å². The second-order valence-corrected chi connectivity index (χ2v) is 5.88. The highest BCUT2D eigenvalue weighted by Gasteiger charge is 2.15. The first-order chi connectivity index (χ1) is 12.5. The summed E-state index contributed by atoms with van der Waals surface area (Å²) in [5, 5.41) is 10.6. The van der Waals surface area contributed by atoms with Crippen molar-refractivity contribution in [2.75, 3.05) is 5.32 Å². The van der Waals surface area contributed by atoms with Gasteiger partial charge < -0.3 is 10.6 Å². The summed E-state index contributed by atoms with van der Waals surface area (Å²) in [6.45, 7) is 1.75. The van der Waals surface area contributed by atoms with E-state index < -0.39 is 0 Å². The first-order valence-corrected chi connectivity index (χ1v) is 8.06. The third kappa shape index (κ3) is 3.61. The Labute approximate surface area is 149 Å². The fraction of sp³-hybridized carbons (Fsp3) is 0.158. The molecule has 0 bridgehead atoms. The zero-order valence-electron chi connectivity index (χ0n) is 14.4. The Morgan fingerprint density at radius 2 is 1.69 bits per heavy atom. The van der Waals surface area contributed by atoms with Crippen molar-refractivity contribution in [3.05, 3.63) is 70.1 Å². The molecule has 7 nitrogen and oxygen atoms in total. The third-order valence-electron chi connectivity index (χ3n) is 3.90. The maximum atomic E-state index is 12.6. The number of nitrogens with one attached hydrogen (secondary N) is 2. The molecule has 0 aliphatic carbocycles. The third-order valence-corrected chi connectivity index (χ3v) is 3.90. The van der Waals surface area contributed by atoms with Gasteiger partial charge in [0.05, 0.1) is 5.39 Å². The average molecular weight is 350 g/mol. The number of aryl methyl sites for hydroxylation is 1. The minimum absolute atomic E-state index is 0.140. The molecule has 0 saturated carbocycles. The lowest BCUT2D eigenvalue weighted by molar-refractivity contribution is -0.114. The fourth-order valence-electron chi connectivity index (χ4n) is 2.64. The van der Waals surface area contributed by atoms with Gasteiger partial charge in [-0.1, -0.05) is 30.3 Å². The van der Waals surface area contributed by atoms with Gasteiger partial charge in [0.1, 0.15) is 0 Å². The number of benzene rings is 2. The van der Waals surface area contributed by atoms with Gasteiger partial charge in [-0.2, -0.15) is 5.10 Å². The molecule has 0 aliphatic rings. The van der Waals surface area contributed by atoms with E-state index in [1.54, 1.807) is 36.4 Å². The molecule has 3 aromatic rings. The first-order valence-electron chi connectivity index (χ1n) is 8.06. The quantitative estimate of drug-likeness (QED) is 0.751. The topological polar surface area (TPSA) is 93.1 Å². The average Bonchev–Trinajstić information content (AvgIpc) is 2.63. The number of aromatic nitrogens is 2. The molecule has 0 spiro atoms. The summed E-state index contributed by atoms with van der Waals surface area (Å²) < 4.78 is 1.17. The highest BCUT2D eigenvalue weighted by molar-refractivity contribution is 6.04. The number of amides is 2.